The summed E-state index contributed by atoms with van der Waals surface area (Å²) in [4.78, 5) is 25.4. The minimum absolute atomic E-state index is 0.103. The van der Waals surface area contributed by atoms with Crippen LogP contribution in [-0.2, 0) is 17.9 Å². The molecule has 34 heavy (non-hydrogen) atoms. The molecule has 1 atom stereocenters. The minimum Gasteiger partial charge on any atom is -0.459 e. The van der Waals surface area contributed by atoms with E-state index in [2.05, 4.69) is 22.8 Å². The van der Waals surface area contributed by atoms with Gasteiger partial charge in [0.25, 0.3) is 5.91 Å². The van der Waals surface area contributed by atoms with Crippen molar-refractivity contribution in [1.29, 1.82) is 0 Å². The molecule has 0 radical (unpaired) electrons. The summed E-state index contributed by atoms with van der Waals surface area (Å²) in [5.74, 6) is -0.607. The van der Waals surface area contributed by atoms with Crippen molar-refractivity contribution in [3.05, 3.63) is 102 Å². The second-order valence-corrected chi connectivity index (χ2v) is 8.44. The Kier molecular flexibility index (Phi) is 7.22. The molecule has 2 aromatic carbocycles. The number of carbonyl (C=O) groups excluding carboxylic acids is 2. The summed E-state index contributed by atoms with van der Waals surface area (Å²) < 4.78 is 7.03. The smallest absolute Gasteiger partial charge is 0.287 e. The number of benzene rings is 2. The van der Waals surface area contributed by atoms with Crippen molar-refractivity contribution >= 4 is 11.8 Å². The van der Waals surface area contributed by atoms with Gasteiger partial charge in [-0.15, -0.1) is 0 Å². The molecule has 0 bridgehead atoms. The highest BCUT2D eigenvalue weighted by Crippen LogP contribution is 2.22. The van der Waals surface area contributed by atoms with Gasteiger partial charge in [-0.25, -0.2) is 0 Å². The first-order chi connectivity index (χ1) is 16.5. The number of carbonyl (C=O) groups is 2. The highest BCUT2D eigenvalue weighted by molar-refractivity contribution is 5.95. The van der Waals surface area contributed by atoms with Crippen LogP contribution >= 0.6 is 0 Å². The zero-order valence-corrected chi connectivity index (χ0v) is 19.3. The molecule has 174 valence electrons. The second-order valence-electron chi connectivity index (χ2n) is 8.44. The minimum atomic E-state index is -0.697. The summed E-state index contributed by atoms with van der Waals surface area (Å²) in [6.07, 6.45) is 3.39. The van der Waals surface area contributed by atoms with Crippen LogP contribution in [0.15, 0.2) is 89.7 Å². The first-order valence-corrected chi connectivity index (χ1v) is 11.3. The van der Waals surface area contributed by atoms with Gasteiger partial charge in [0.1, 0.15) is 6.04 Å². The van der Waals surface area contributed by atoms with Crippen LogP contribution in [0.3, 0.4) is 0 Å². The topological polar surface area (TPSA) is 89.2 Å². The van der Waals surface area contributed by atoms with E-state index in [1.54, 1.807) is 12.1 Å². The highest BCUT2D eigenvalue weighted by atomic mass is 16.3. The number of aromatic nitrogens is 2. The average molecular weight is 457 g/mol. The molecule has 0 aliphatic carbocycles. The van der Waals surface area contributed by atoms with Gasteiger partial charge in [-0.1, -0.05) is 74.5 Å². The molecular formula is C27H28N4O3. The predicted octanol–water partition coefficient (Wildman–Crippen LogP) is 4.26. The van der Waals surface area contributed by atoms with Crippen molar-refractivity contribution in [1.82, 2.24) is 20.4 Å². The molecule has 4 aromatic rings. The Bertz CT molecular complexity index is 1220. The molecule has 4 rings (SSSR count). The number of amides is 2. The molecule has 7 heteroatoms. The van der Waals surface area contributed by atoms with Crippen LogP contribution in [0.1, 0.15) is 35.5 Å². The molecule has 2 amide bonds. The van der Waals surface area contributed by atoms with Crippen molar-refractivity contribution in [2.45, 2.75) is 33.0 Å². The standard InChI is InChI=1S/C27H28N4O3/c1-19(2)24(29-26(32)23-14-9-15-34-23)27(33)28-16-22-18-31(17-20-10-5-3-6-11-20)30-25(22)21-12-7-4-8-13-21/h3-15,18-19,24H,16-17H2,1-2H3,(H,28,33)(H,29,32). The summed E-state index contributed by atoms with van der Waals surface area (Å²) in [7, 11) is 0. The van der Waals surface area contributed by atoms with Gasteiger partial charge in [0.15, 0.2) is 5.76 Å². The summed E-state index contributed by atoms with van der Waals surface area (Å²) in [6.45, 7) is 4.69. The third-order valence-corrected chi connectivity index (χ3v) is 5.51. The molecule has 1 unspecified atom stereocenters. The maximum atomic E-state index is 13.0. The molecule has 0 spiro atoms. The lowest BCUT2D eigenvalue weighted by atomic mass is 10.0. The van der Waals surface area contributed by atoms with E-state index >= 15 is 0 Å². The van der Waals surface area contributed by atoms with E-state index in [0.29, 0.717) is 6.54 Å². The maximum Gasteiger partial charge on any atom is 0.287 e. The summed E-state index contributed by atoms with van der Waals surface area (Å²) in [6, 6.07) is 22.5. The van der Waals surface area contributed by atoms with Crippen LogP contribution in [0.4, 0.5) is 0 Å². The zero-order chi connectivity index (χ0) is 23.9. The molecule has 2 N–H and O–H groups in total. The fraction of sp³-hybridized carbons (Fsp3) is 0.222. The van der Waals surface area contributed by atoms with Crippen molar-refractivity contribution in [3.8, 4) is 11.3 Å². The van der Waals surface area contributed by atoms with Gasteiger partial charge in [0, 0.05) is 23.9 Å². The monoisotopic (exact) mass is 456 g/mol. The lowest BCUT2D eigenvalue weighted by molar-refractivity contribution is -0.124. The second kappa shape index (κ2) is 10.7. The number of nitrogens with zero attached hydrogens (tertiary/aromatic N) is 2. The normalized spacial score (nSPS) is 11.9. The maximum absolute atomic E-state index is 13.0. The quantitative estimate of drug-likeness (QED) is 0.394. The lowest BCUT2D eigenvalue weighted by Gasteiger charge is -2.21. The fourth-order valence-electron chi connectivity index (χ4n) is 3.73. The van der Waals surface area contributed by atoms with E-state index in [9.17, 15) is 9.59 Å². The van der Waals surface area contributed by atoms with Crippen molar-refractivity contribution in [2.24, 2.45) is 5.92 Å². The third kappa shape index (κ3) is 5.61. The SMILES string of the molecule is CC(C)C(NC(=O)c1ccco1)C(=O)NCc1cn(Cc2ccccc2)nc1-c1ccccc1. The molecule has 0 saturated heterocycles. The number of rotatable bonds is 9. The van der Waals surface area contributed by atoms with Crippen LogP contribution in [0, 0.1) is 5.92 Å². The summed E-state index contributed by atoms with van der Waals surface area (Å²) >= 11 is 0. The van der Waals surface area contributed by atoms with Gasteiger partial charge in [0.2, 0.25) is 5.91 Å². The van der Waals surface area contributed by atoms with Crippen LogP contribution in [0.25, 0.3) is 11.3 Å². The number of furan rings is 1. The number of hydrogen-bond acceptors (Lipinski definition) is 4. The molecule has 0 saturated carbocycles. The van der Waals surface area contributed by atoms with Gasteiger partial charge in [0.05, 0.1) is 18.5 Å². The van der Waals surface area contributed by atoms with Crippen molar-refractivity contribution in [2.75, 3.05) is 0 Å². The average Bonchev–Trinajstić information content (AvgIpc) is 3.52. The molecule has 0 fully saturated rings. The van der Waals surface area contributed by atoms with Crippen LogP contribution in [-0.4, -0.2) is 27.6 Å². The molecule has 2 aromatic heterocycles. The van der Waals surface area contributed by atoms with E-state index in [4.69, 9.17) is 9.52 Å². The number of hydrogen-bond donors (Lipinski definition) is 2. The molecule has 7 nitrogen and oxygen atoms in total. The Hall–Kier alpha value is -4.13. The summed E-state index contributed by atoms with van der Waals surface area (Å²) in [5, 5.41) is 10.6. The fourth-order valence-corrected chi connectivity index (χ4v) is 3.73. The van der Waals surface area contributed by atoms with Crippen LogP contribution in [0.2, 0.25) is 0 Å². The van der Waals surface area contributed by atoms with Gasteiger partial charge < -0.3 is 15.1 Å². The molecule has 0 aliphatic heterocycles. The van der Waals surface area contributed by atoms with E-state index in [0.717, 1.165) is 22.4 Å². The van der Waals surface area contributed by atoms with E-state index in [1.165, 1.54) is 6.26 Å². The third-order valence-electron chi connectivity index (χ3n) is 5.51. The van der Waals surface area contributed by atoms with Crippen molar-refractivity contribution in [3.63, 3.8) is 0 Å². The molecule has 2 heterocycles. The Balaban J connectivity index is 1.51. The van der Waals surface area contributed by atoms with Gasteiger partial charge in [-0.3, -0.25) is 14.3 Å². The Morgan fingerprint density at radius 3 is 2.32 bits per heavy atom. The Morgan fingerprint density at radius 2 is 1.68 bits per heavy atom. The first-order valence-electron chi connectivity index (χ1n) is 11.3. The Morgan fingerprint density at radius 1 is 0.971 bits per heavy atom. The lowest BCUT2D eigenvalue weighted by Crippen LogP contribution is -2.49. The van der Waals surface area contributed by atoms with E-state index < -0.39 is 11.9 Å². The first kappa shape index (κ1) is 23.0. The van der Waals surface area contributed by atoms with Gasteiger partial charge in [-0.05, 0) is 23.6 Å². The summed E-state index contributed by atoms with van der Waals surface area (Å²) in [5.41, 5.74) is 3.83. The largest absolute Gasteiger partial charge is 0.459 e. The molecule has 0 aliphatic rings. The Labute approximate surface area is 198 Å². The zero-order valence-electron chi connectivity index (χ0n) is 19.3. The van der Waals surface area contributed by atoms with E-state index in [-0.39, 0.29) is 24.1 Å². The van der Waals surface area contributed by atoms with Crippen molar-refractivity contribution < 1.29 is 14.0 Å². The van der Waals surface area contributed by atoms with E-state index in [1.807, 2.05) is 73.3 Å². The molecular weight excluding hydrogens is 428 g/mol. The van der Waals surface area contributed by atoms with Gasteiger partial charge in [-0.2, -0.15) is 5.10 Å². The predicted molar refractivity (Wildman–Crippen MR) is 130 cm³/mol. The van der Waals surface area contributed by atoms with Gasteiger partial charge >= 0.3 is 0 Å². The highest BCUT2D eigenvalue weighted by Gasteiger charge is 2.26. The number of nitrogens with one attached hydrogen (secondary N) is 2. The van der Waals surface area contributed by atoms with Crippen LogP contribution < -0.4 is 10.6 Å². The van der Waals surface area contributed by atoms with Crippen LogP contribution in [0.5, 0.6) is 0 Å².